The highest BCUT2D eigenvalue weighted by molar-refractivity contribution is 7.13. The van der Waals surface area contributed by atoms with Crippen LogP contribution in [0.3, 0.4) is 0 Å². The second kappa shape index (κ2) is 6.19. The number of carbonyl (C=O) groups is 1. The Morgan fingerprint density at radius 1 is 1.43 bits per heavy atom. The first kappa shape index (κ1) is 14.0. The van der Waals surface area contributed by atoms with Crippen molar-refractivity contribution in [3.05, 3.63) is 36.0 Å². The first-order valence-corrected chi connectivity index (χ1v) is 7.64. The van der Waals surface area contributed by atoms with E-state index in [0.717, 1.165) is 18.0 Å². The highest BCUT2D eigenvalue weighted by Crippen LogP contribution is 2.22. The normalized spacial score (nSPS) is 16.1. The number of hydrogen-bond donors (Lipinski definition) is 0. The van der Waals surface area contributed by atoms with Gasteiger partial charge in [-0.3, -0.25) is 9.69 Å². The molecule has 3 rings (SSSR count). The number of aromatic nitrogens is 2. The predicted molar refractivity (Wildman–Crippen MR) is 79.7 cm³/mol. The molecule has 3 heterocycles. The summed E-state index contributed by atoms with van der Waals surface area (Å²) in [7, 11) is 0. The fraction of sp³-hybridized carbons (Fsp3) is 0.357. The van der Waals surface area contributed by atoms with E-state index in [1.165, 1.54) is 6.08 Å². The van der Waals surface area contributed by atoms with Crippen molar-refractivity contribution in [3.63, 3.8) is 0 Å². The average Bonchev–Trinajstić information content (AvgIpc) is 3.18. The molecule has 0 spiro atoms. The molecule has 2 aromatic heterocycles. The standard InChI is InChI=1S/C14H16N4O2S/c1-2-13(19)18-7-5-17(6-8-18)10-12-15-14(20-16-12)11-4-3-9-21-11/h2-4,9H,1,5-8,10H2. The minimum absolute atomic E-state index is 0.00538. The topological polar surface area (TPSA) is 62.5 Å². The second-order valence-corrected chi connectivity index (χ2v) is 5.75. The van der Waals surface area contributed by atoms with Gasteiger partial charge in [0.2, 0.25) is 5.91 Å². The summed E-state index contributed by atoms with van der Waals surface area (Å²) in [4.78, 5) is 20.9. The molecule has 0 aliphatic carbocycles. The molecule has 6 nitrogen and oxygen atoms in total. The Hall–Kier alpha value is -1.99. The molecule has 1 aliphatic heterocycles. The molecule has 0 atom stereocenters. The molecule has 1 saturated heterocycles. The Morgan fingerprint density at radius 3 is 2.90 bits per heavy atom. The van der Waals surface area contributed by atoms with Gasteiger partial charge in [-0.25, -0.2) is 0 Å². The number of amides is 1. The maximum Gasteiger partial charge on any atom is 0.268 e. The SMILES string of the molecule is C=CC(=O)N1CCN(Cc2noc(-c3cccs3)n2)CC1. The van der Waals surface area contributed by atoms with Gasteiger partial charge < -0.3 is 9.42 Å². The van der Waals surface area contributed by atoms with Crippen molar-refractivity contribution in [1.29, 1.82) is 0 Å². The van der Waals surface area contributed by atoms with Gasteiger partial charge in [-0.1, -0.05) is 17.8 Å². The van der Waals surface area contributed by atoms with Crippen LogP contribution in [0.15, 0.2) is 34.7 Å². The summed E-state index contributed by atoms with van der Waals surface area (Å²) in [5.41, 5.74) is 0. The Labute approximate surface area is 126 Å². The lowest BCUT2D eigenvalue weighted by atomic mass is 10.3. The summed E-state index contributed by atoms with van der Waals surface area (Å²) in [5.74, 6) is 1.25. The lowest BCUT2D eigenvalue weighted by Gasteiger charge is -2.33. The Morgan fingerprint density at radius 2 is 2.24 bits per heavy atom. The molecule has 2 aromatic rings. The van der Waals surface area contributed by atoms with Crippen LogP contribution in [0.2, 0.25) is 0 Å². The summed E-state index contributed by atoms with van der Waals surface area (Å²) in [5, 5.41) is 6.00. The van der Waals surface area contributed by atoms with Crippen LogP contribution in [-0.2, 0) is 11.3 Å². The van der Waals surface area contributed by atoms with Gasteiger partial charge in [-0.15, -0.1) is 11.3 Å². The average molecular weight is 304 g/mol. The van der Waals surface area contributed by atoms with Crippen molar-refractivity contribution in [1.82, 2.24) is 19.9 Å². The number of rotatable bonds is 4. The largest absolute Gasteiger partial charge is 0.337 e. The van der Waals surface area contributed by atoms with E-state index in [2.05, 4.69) is 21.6 Å². The van der Waals surface area contributed by atoms with Gasteiger partial charge in [-0.05, 0) is 17.5 Å². The monoisotopic (exact) mass is 304 g/mol. The van der Waals surface area contributed by atoms with Gasteiger partial charge in [0, 0.05) is 26.2 Å². The van der Waals surface area contributed by atoms with Gasteiger partial charge in [-0.2, -0.15) is 4.98 Å². The van der Waals surface area contributed by atoms with E-state index in [1.54, 1.807) is 16.2 Å². The van der Waals surface area contributed by atoms with E-state index in [0.29, 0.717) is 31.3 Å². The first-order valence-electron chi connectivity index (χ1n) is 6.76. The van der Waals surface area contributed by atoms with Crippen molar-refractivity contribution in [3.8, 4) is 10.8 Å². The minimum Gasteiger partial charge on any atom is -0.337 e. The quantitative estimate of drug-likeness (QED) is 0.803. The fourth-order valence-corrected chi connectivity index (χ4v) is 2.92. The summed E-state index contributed by atoms with van der Waals surface area (Å²) >= 11 is 1.58. The molecule has 1 amide bonds. The highest BCUT2D eigenvalue weighted by atomic mass is 32.1. The maximum absolute atomic E-state index is 11.5. The molecule has 0 saturated carbocycles. The van der Waals surface area contributed by atoms with Gasteiger partial charge in [0.25, 0.3) is 5.89 Å². The molecule has 110 valence electrons. The van der Waals surface area contributed by atoms with Crippen molar-refractivity contribution < 1.29 is 9.32 Å². The van der Waals surface area contributed by atoms with Crippen molar-refractivity contribution in [2.45, 2.75) is 6.54 Å². The molecule has 21 heavy (non-hydrogen) atoms. The molecule has 0 aromatic carbocycles. The molecule has 1 fully saturated rings. The third kappa shape index (κ3) is 3.20. The van der Waals surface area contributed by atoms with Crippen LogP contribution in [0.1, 0.15) is 5.82 Å². The van der Waals surface area contributed by atoms with E-state index in [4.69, 9.17) is 4.52 Å². The van der Waals surface area contributed by atoms with Crippen LogP contribution >= 0.6 is 11.3 Å². The number of piperazine rings is 1. The molecule has 0 radical (unpaired) electrons. The highest BCUT2D eigenvalue weighted by Gasteiger charge is 2.21. The molecular weight excluding hydrogens is 288 g/mol. The number of nitrogens with zero attached hydrogens (tertiary/aromatic N) is 4. The number of hydrogen-bond acceptors (Lipinski definition) is 6. The van der Waals surface area contributed by atoms with Crippen LogP contribution in [0.5, 0.6) is 0 Å². The zero-order chi connectivity index (χ0) is 14.7. The van der Waals surface area contributed by atoms with Crippen LogP contribution in [-0.4, -0.2) is 52.0 Å². The van der Waals surface area contributed by atoms with E-state index >= 15 is 0 Å². The van der Waals surface area contributed by atoms with Crippen molar-refractivity contribution >= 4 is 17.2 Å². The van der Waals surface area contributed by atoms with E-state index in [1.807, 2.05) is 17.5 Å². The summed E-state index contributed by atoms with van der Waals surface area (Å²) in [6.45, 7) is 7.19. The van der Waals surface area contributed by atoms with Crippen molar-refractivity contribution in [2.24, 2.45) is 0 Å². The van der Waals surface area contributed by atoms with Crippen LogP contribution in [0, 0.1) is 0 Å². The Bertz CT molecular complexity index is 615. The summed E-state index contributed by atoms with van der Waals surface area (Å²) < 4.78 is 5.27. The summed E-state index contributed by atoms with van der Waals surface area (Å²) in [6.07, 6.45) is 1.36. The predicted octanol–water partition coefficient (Wildman–Crippen LogP) is 1.63. The van der Waals surface area contributed by atoms with Gasteiger partial charge >= 0.3 is 0 Å². The minimum atomic E-state index is -0.00538. The zero-order valence-corrected chi connectivity index (χ0v) is 12.4. The lowest BCUT2D eigenvalue weighted by molar-refractivity contribution is -0.127. The molecule has 7 heteroatoms. The zero-order valence-electron chi connectivity index (χ0n) is 11.6. The third-order valence-electron chi connectivity index (χ3n) is 3.42. The molecule has 0 unspecified atom stereocenters. The van der Waals surface area contributed by atoms with Gasteiger partial charge in [0.05, 0.1) is 11.4 Å². The maximum atomic E-state index is 11.5. The van der Waals surface area contributed by atoms with E-state index < -0.39 is 0 Å². The van der Waals surface area contributed by atoms with Gasteiger partial charge in [0.15, 0.2) is 5.82 Å². The molecular formula is C14H16N4O2S. The summed E-state index contributed by atoms with van der Waals surface area (Å²) in [6, 6.07) is 3.92. The first-order chi connectivity index (χ1) is 10.3. The molecule has 0 bridgehead atoms. The van der Waals surface area contributed by atoms with Crippen LogP contribution in [0.4, 0.5) is 0 Å². The van der Waals surface area contributed by atoms with Crippen molar-refractivity contribution in [2.75, 3.05) is 26.2 Å². The van der Waals surface area contributed by atoms with E-state index in [-0.39, 0.29) is 5.91 Å². The fourth-order valence-electron chi connectivity index (χ4n) is 2.27. The number of thiophene rings is 1. The Balaban J connectivity index is 1.56. The van der Waals surface area contributed by atoms with Crippen LogP contribution in [0.25, 0.3) is 10.8 Å². The number of carbonyl (C=O) groups excluding carboxylic acids is 1. The Kier molecular flexibility index (Phi) is 4.12. The second-order valence-electron chi connectivity index (χ2n) is 4.80. The molecule has 0 N–H and O–H groups in total. The van der Waals surface area contributed by atoms with Crippen LogP contribution < -0.4 is 0 Å². The third-order valence-corrected chi connectivity index (χ3v) is 4.28. The van der Waals surface area contributed by atoms with E-state index in [9.17, 15) is 4.79 Å². The lowest BCUT2D eigenvalue weighted by Crippen LogP contribution is -2.47. The van der Waals surface area contributed by atoms with Gasteiger partial charge in [0.1, 0.15) is 0 Å². The molecule has 1 aliphatic rings. The smallest absolute Gasteiger partial charge is 0.268 e.